The Morgan fingerprint density at radius 1 is 1.26 bits per heavy atom. The van der Waals surface area contributed by atoms with Crippen LogP contribution in [-0.2, 0) is 22.4 Å². The average molecular weight is 480 g/mol. The van der Waals surface area contributed by atoms with E-state index < -0.39 is 0 Å². The zero-order valence-corrected chi connectivity index (χ0v) is 19.4. The van der Waals surface area contributed by atoms with E-state index in [4.69, 9.17) is 31.0 Å². The predicted octanol–water partition coefficient (Wildman–Crippen LogP) is 3.62. The third kappa shape index (κ3) is 5.29. The Balaban J connectivity index is 1.31. The molecule has 8 nitrogen and oxygen atoms in total. The van der Waals surface area contributed by atoms with Crippen LogP contribution in [0.25, 0.3) is 17.3 Å². The van der Waals surface area contributed by atoms with Gasteiger partial charge in [0.25, 0.3) is 0 Å². The number of H-pyrrole nitrogens is 1. The summed E-state index contributed by atoms with van der Waals surface area (Å²) in [6, 6.07) is 7.44. The average Bonchev–Trinajstić information content (AvgIpc) is 3.56. The summed E-state index contributed by atoms with van der Waals surface area (Å²) in [5.74, 6) is 1.09. The van der Waals surface area contributed by atoms with Crippen LogP contribution in [0.15, 0.2) is 42.7 Å². The first-order valence-electron chi connectivity index (χ1n) is 11.5. The van der Waals surface area contributed by atoms with E-state index in [1.165, 1.54) is 0 Å². The van der Waals surface area contributed by atoms with Gasteiger partial charge in [-0.25, -0.2) is 15.0 Å². The third-order valence-corrected chi connectivity index (χ3v) is 6.18. The Labute approximate surface area is 202 Å². The molecule has 5 rings (SSSR count). The van der Waals surface area contributed by atoms with Gasteiger partial charge >= 0.3 is 0 Å². The van der Waals surface area contributed by atoms with Crippen molar-refractivity contribution in [3.8, 4) is 17.1 Å². The Morgan fingerprint density at radius 2 is 2.15 bits per heavy atom. The maximum Gasteiger partial charge on any atom is 0.241 e. The molecule has 0 spiro atoms. The molecular weight excluding hydrogens is 454 g/mol. The molecule has 1 saturated heterocycles. The van der Waals surface area contributed by atoms with Gasteiger partial charge in [0.2, 0.25) is 11.8 Å². The largest absolute Gasteiger partial charge is 0.470 e. The maximum atomic E-state index is 12.8. The minimum absolute atomic E-state index is 0.0142. The summed E-state index contributed by atoms with van der Waals surface area (Å²) in [5.41, 5.74) is 3.02. The third-order valence-electron chi connectivity index (χ3n) is 5.93. The molecule has 1 aliphatic carbocycles. The van der Waals surface area contributed by atoms with Crippen molar-refractivity contribution in [3.05, 3.63) is 65.0 Å². The van der Waals surface area contributed by atoms with Crippen LogP contribution in [0.2, 0.25) is 5.02 Å². The summed E-state index contributed by atoms with van der Waals surface area (Å²) in [6.45, 7) is 1.81. The maximum absolute atomic E-state index is 12.8. The lowest BCUT2D eigenvalue weighted by Gasteiger charge is -2.21. The molecule has 176 valence electrons. The number of hydrogen-bond acceptors (Lipinski definition) is 6. The molecule has 0 radical (unpaired) electrons. The number of benzene rings is 1. The molecule has 2 atom stereocenters. The molecule has 3 aromatic rings. The van der Waals surface area contributed by atoms with Gasteiger partial charge in [0, 0.05) is 48.8 Å². The van der Waals surface area contributed by atoms with Gasteiger partial charge in [0.05, 0.1) is 30.5 Å². The van der Waals surface area contributed by atoms with Crippen LogP contribution in [0.4, 0.5) is 0 Å². The van der Waals surface area contributed by atoms with E-state index in [9.17, 15) is 4.79 Å². The number of imidazole rings is 1. The number of nitrogens with one attached hydrogen (secondary N) is 2. The van der Waals surface area contributed by atoms with E-state index in [0.29, 0.717) is 42.8 Å². The second-order valence-electron chi connectivity index (χ2n) is 8.42. The number of amides is 1. The SMILES string of the molecule is O=C(NCCCc1ncc[nH]1)C1C=Cc2nc(OC3CCOC3)c(-c3ccc(Cl)cc3)nc2C1. The molecule has 2 aromatic heterocycles. The van der Waals surface area contributed by atoms with Gasteiger partial charge < -0.3 is 19.8 Å². The van der Waals surface area contributed by atoms with Crippen molar-refractivity contribution in [1.82, 2.24) is 25.3 Å². The van der Waals surface area contributed by atoms with Crippen molar-refractivity contribution in [1.29, 1.82) is 0 Å². The van der Waals surface area contributed by atoms with Crippen LogP contribution in [0.1, 0.15) is 30.1 Å². The Kier molecular flexibility index (Phi) is 6.87. The zero-order valence-electron chi connectivity index (χ0n) is 18.7. The highest BCUT2D eigenvalue weighted by Crippen LogP contribution is 2.33. The molecule has 1 aromatic carbocycles. The highest BCUT2D eigenvalue weighted by atomic mass is 35.5. The first kappa shape index (κ1) is 22.6. The fraction of sp³-hybridized carbons (Fsp3) is 0.360. The van der Waals surface area contributed by atoms with E-state index in [2.05, 4.69) is 15.3 Å². The lowest BCUT2D eigenvalue weighted by molar-refractivity contribution is -0.123. The van der Waals surface area contributed by atoms with Crippen LogP contribution in [0.5, 0.6) is 5.88 Å². The number of carbonyl (C=O) groups excluding carboxylic acids is 1. The Morgan fingerprint density at radius 3 is 2.91 bits per heavy atom. The van der Waals surface area contributed by atoms with E-state index in [1.54, 1.807) is 12.4 Å². The second kappa shape index (κ2) is 10.4. The van der Waals surface area contributed by atoms with Crippen molar-refractivity contribution in [2.24, 2.45) is 5.92 Å². The first-order valence-corrected chi connectivity index (χ1v) is 11.9. The van der Waals surface area contributed by atoms with Crippen LogP contribution in [0, 0.1) is 5.92 Å². The standard InChI is InChI=1S/C25H26ClN5O3/c26-18-6-3-16(4-7-18)23-25(34-19-9-13-33-15-19)31-20-8-5-17(14-21(20)30-23)24(32)29-10-1-2-22-27-11-12-28-22/h3-8,11-12,17,19H,1-2,9-10,13-15H2,(H,27,28)(H,29,32). The summed E-state index contributed by atoms with van der Waals surface area (Å²) in [4.78, 5) is 29.7. The molecule has 3 heterocycles. The van der Waals surface area contributed by atoms with Gasteiger partial charge in [-0.15, -0.1) is 0 Å². The number of rotatable bonds is 8. The number of carbonyl (C=O) groups is 1. The number of aryl methyl sites for hydroxylation is 1. The molecule has 0 bridgehead atoms. The fourth-order valence-corrected chi connectivity index (χ4v) is 4.22. The molecule has 9 heteroatoms. The van der Waals surface area contributed by atoms with Gasteiger partial charge in [-0.3, -0.25) is 4.79 Å². The quantitative estimate of drug-likeness (QED) is 0.478. The van der Waals surface area contributed by atoms with Crippen molar-refractivity contribution in [2.45, 2.75) is 31.8 Å². The highest BCUT2D eigenvalue weighted by Gasteiger charge is 2.26. The van der Waals surface area contributed by atoms with E-state index in [1.807, 2.05) is 36.4 Å². The number of nitrogens with zero attached hydrogens (tertiary/aromatic N) is 3. The van der Waals surface area contributed by atoms with E-state index >= 15 is 0 Å². The Bertz CT molecular complexity index is 1160. The zero-order chi connectivity index (χ0) is 23.3. The molecule has 0 saturated carbocycles. The van der Waals surface area contributed by atoms with Gasteiger partial charge in [-0.05, 0) is 24.6 Å². The van der Waals surface area contributed by atoms with Crippen LogP contribution >= 0.6 is 11.6 Å². The molecule has 1 amide bonds. The first-order chi connectivity index (χ1) is 16.7. The molecule has 2 aliphatic rings. The second-order valence-corrected chi connectivity index (χ2v) is 8.86. The molecule has 1 aliphatic heterocycles. The fourth-order valence-electron chi connectivity index (χ4n) is 4.09. The normalized spacial score (nSPS) is 19.1. The number of hydrogen-bond donors (Lipinski definition) is 2. The monoisotopic (exact) mass is 479 g/mol. The number of halogens is 1. The van der Waals surface area contributed by atoms with Crippen LogP contribution in [-0.4, -0.2) is 51.7 Å². The van der Waals surface area contributed by atoms with Gasteiger partial charge in [0.1, 0.15) is 17.6 Å². The lowest BCUT2D eigenvalue weighted by Crippen LogP contribution is -2.33. The van der Waals surface area contributed by atoms with E-state index in [-0.39, 0.29) is 17.9 Å². The van der Waals surface area contributed by atoms with E-state index in [0.717, 1.165) is 42.0 Å². The summed E-state index contributed by atoms with van der Waals surface area (Å²) >= 11 is 6.08. The summed E-state index contributed by atoms with van der Waals surface area (Å²) < 4.78 is 11.6. The van der Waals surface area contributed by atoms with Gasteiger partial charge in [-0.1, -0.05) is 29.8 Å². The Hall–Kier alpha value is -3.23. The van der Waals surface area contributed by atoms with Gasteiger partial charge in [0.15, 0.2) is 0 Å². The molecule has 34 heavy (non-hydrogen) atoms. The highest BCUT2D eigenvalue weighted by molar-refractivity contribution is 6.30. The minimum atomic E-state index is -0.293. The molecular formula is C25H26ClN5O3. The predicted molar refractivity (Wildman–Crippen MR) is 128 cm³/mol. The lowest BCUT2D eigenvalue weighted by atomic mass is 9.94. The number of fused-ring (bicyclic) bond motifs is 1. The molecule has 1 fully saturated rings. The summed E-state index contributed by atoms with van der Waals surface area (Å²) in [6.07, 6.45) is 10.1. The summed E-state index contributed by atoms with van der Waals surface area (Å²) in [7, 11) is 0. The van der Waals surface area contributed by atoms with Crippen molar-refractivity contribution in [2.75, 3.05) is 19.8 Å². The molecule has 2 unspecified atom stereocenters. The number of aromatic amines is 1. The number of aromatic nitrogens is 4. The molecule has 2 N–H and O–H groups in total. The minimum Gasteiger partial charge on any atom is -0.470 e. The van der Waals surface area contributed by atoms with Crippen molar-refractivity contribution >= 4 is 23.6 Å². The number of ether oxygens (including phenoxy) is 2. The van der Waals surface area contributed by atoms with Crippen LogP contribution < -0.4 is 10.1 Å². The van der Waals surface area contributed by atoms with Gasteiger partial charge in [-0.2, -0.15) is 0 Å². The van der Waals surface area contributed by atoms with Crippen LogP contribution in [0.3, 0.4) is 0 Å². The topological polar surface area (TPSA) is 102 Å². The summed E-state index contributed by atoms with van der Waals surface area (Å²) in [5, 5.41) is 3.67. The smallest absolute Gasteiger partial charge is 0.241 e. The van der Waals surface area contributed by atoms with Crippen molar-refractivity contribution < 1.29 is 14.3 Å². The van der Waals surface area contributed by atoms with Crippen molar-refractivity contribution in [3.63, 3.8) is 0 Å².